The van der Waals surface area contributed by atoms with Gasteiger partial charge in [0.05, 0.1) is 10.6 Å². The molecule has 7 nitrogen and oxygen atoms in total. The first-order chi connectivity index (χ1) is 18.6. The third kappa shape index (κ3) is 7.26. The van der Waals surface area contributed by atoms with E-state index in [2.05, 4.69) is 5.32 Å². The summed E-state index contributed by atoms with van der Waals surface area (Å²) in [5.41, 5.74) is 4.06. The molecular formula is C31H39N3O4S. The lowest BCUT2D eigenvalue weighted by Gasteiger charge is -2.33. The van der Waals surface area contributed by atoms with Crippen molar-refractivity contribution in [1.29, 1.82) is 0 Å². The highest BCUT2D eigenvalue weighted by molar-refractivity contribution is 7.92. The van der Waals surface area contributed by atoms with Gasteiger partial charge in [0.15, 0.2) is 0 Å². The van der Waals surface area contributed by atoms with Crippen LogP contribution in [0.15, 0.2) is 77.7 Å². The molecule has 0 fully saturated rings. The summed E-state index contributed by atoms with van der Waals surface area (Å²) in [4.78, 5) is 28.9. The molecule has 3 rings (SSSR count). The number of carbonyl (C=O) groups is 2. The molecule has 0 heterocycles. The first kappa shape index (κ1) is 29.9. The van der Waals surface area contributed by atoms with Crippen molar-refractivity contribution in [3.63, 3.8) is 0 Å². The molecule has 0 spiro atoms. The van der Waals surface area contributed by atoms with Crippen LogP contribution < -0.4 is 9.62 Å². The molecule has 0 saturated heterocycles. The molecule has 1 atom stereocenters. The molecule has 3 aromatic rings. The number of carbonyl (C=O) groups excluding carboxylic acids is 2. The van der Waals surface area contributed by atoms with Crippen molar-refractivity contribution in [3.05, 3.63) is 95.1 Å². The van der Waals surface area contributed by atoms with E-state index >= 15 is 0 Å². The van der Waals surface area contributed by atoms with Crippen LogP contribution in [-0.4, -0.2) is 44.3 Å². The minimum absolute atomic E-state index is 0.0940. The van der Waals surface area contributed by atoms with Gasteiger partial charge in [-0.2, -0.15) is 0 Å². The molecule has 0 radical (unpaired) electrons. The molecule has 39 heavy (non-hydrogen) atoms. The Morgan fingerprint density at radius 2 is 1.54 bits per heavy atom. The van der Waals surface area contributed by atoms with Crippen LogP contribution in [0, 0.1) is 20.8 Å². The van der Waals surface area contributed by atoms with Crippen molar-refractivity contribution >= 4 is 27.5 Å². The van der Waals surface area contributed by atoms with Crippen LogP contribution in [0.3, 0.4) is 0 Å². The molecule has 0 aliphatic rings. The molecule has 0 aliphatic heterocycles. The fraction of sp³-hybridized carbons (Fsp3) is 0.355. The quantitative estimate of drug-likeness (QED) is 0.339. The number of hydrogen-bond acceptors (Lipinski definition) is 4. The van der Waals surface area contributed by atoms with Crippen molar-refractivity contribution in [2.45, 2.75) is 64.9 Å². The van der Waals surface area contributed by atoms with E-state index in [4.69, 9.17) is 0 Å². The zero-order chi connectivity index (χ0) is 28.6. The highest BCUT2D eigenvalue weighted by atomic mass is 32.2. The van der Waals surface area contributed by atoms with Crippen LogP contribution in [0.4, 0.5) is 5.69 Å². The number of benzene rings is 3. The number of hydrogen-bond donors (Lipinski definition) is 1. The van der Waals surface area contributed by atoms with E-state index in [0.29, 0.717) is 18.7 Å². The van der Waals surface area contributed by atoms with Crippen LogP contribution >= 0.6 is 0 Å². The number of anilines is 1. The lowest BCUT2D eigenvalue weighted by atomic mass is 10.1. The summed E-state index contributed by atoms with van der Waals surface area (Å²) in [6.45, 7) is 9.80. The number of amides is 2. The monoisotopic (exact) mass is 549 g/mol. The predicted octanol–water partition coefficient (Wildman–Crippen LogP) is 5.14. The number of rotatable bonds is 12. The van der Waals surface area contributed by atoms with Crippen molar-refractivity contribution in [2.75, 3.05) is 17.4 Å². The molecule has 0 aromatic heterocycles. The van der Waals surface area contributed by atoms with E-state index in [1.165, 1.54) is 21.3 Å². The molecule has 0 bridgehead atoms. The third-order valence-electron chi connectivity index (χ3n) is 6.86. The summed E-state index contributed by atoms with van der Waals surface area (Å²) < 4.78 is 29.1. The summed E-state index contributed by atoms with van der Waals surface area (Å²) in [7, 11) is -4.08. The molecule has 1 N–H and O–H groups in total. The summed E-state index contributed by atoms with van der Waals surface area (Å²) >= 11 is 0. The van der Waals surface area contributed by atoms with E-state index in [-0.39, 0.29) is 17.3 Å². The molecule has 2 amide bonds. The molecule has 208 valence electrons. The topological polar surface area (TPSA) is 86.8 Å². The van der Waals surface area contributed by atoms with Crippen molar-refractivity contribution < 1.29 is 18.0 Å². The van der Waals surface area contributed by atoms with Crippen LogP contribution in [0.25, 0.3) is 0 Å². The smallest absolute Gasteiger partial charge is 0.264 e. The Morgan fingerprint density at radius 1 is 0.872 bits per heavy atom. The van der Waals surface area contributed by atoms with Gasteiger partial charge in [-0.05, 0) is 68.5 Å². The molecule has 8 heteroatoms. The fourth-order valence-corrected chi connectivity index (χ4v) is 5.91. The normalized spacial score (nSPS) is 12.0. The minimum atomic E-state index is -4.08. The van der Waals surface area contributed by atoms with Crippen molar-refractivity contribution in [3.8, 4) is 0 Å². The maximum Gasteiger partial charge on any atom is 0.264 e. The van der Waals surface area contributed by atoms with Gasteiger partial charge < -0.3 is 10.2 Å². The number of nitrogens with one attached hydrogen (secondary N) is 1. The van der Waals surface area contributed by atoms with Gasteiger partial charge in [0.1, 0.15) is 12.6 Å². The summed E-state index contributed by atoms with van der Waals surface area (Å²) in [6.07, 6.45) is 1.16. The highest BCUT2D eigenvalue weighted by Gasteiger charge is 2.34. The standard InChI is InChI=1S/C31H39N3O4S/c1-6-20-32-31(36)28(7-2)33(21-26-18-16-23(3)17-19-26)30(35)22-34(29-15-11-12-24(4)25(29)5)39(37,38)27-13-9-8-10-14-27/h8-19,28H,6-7,20-22H2,1-5H3,(H,32,36)/t28-/m1/s1. The Morgan fingerprint density at radius 3 is 2.15 bits per heavy atom. The average Bonchev–Trinajstić information content (AvgIpc) is 2.93. The largest absolute Gasteiger partial charge is 0.354 e. The van der Waals surface area contributed by atoms with Gasteiger partial charge in [-0.3, -0.25) is 13.9 Å². The van der Waals surface area contributed by atoms with Crippen LogP contribution in [0.2, 0.25) is 0 Å². The lowest BCUT2D eigenvalue weighted by molar-refractivity contribution is -0.140. The second-order valence-corrected chi connectivity index (χ2v) is 11.6. The molecule has 0 saturated carbocycles. The van der Waals surface area contributed by atoms with Gasteiger partial charge in [-0.15, -0.1) is 0 Å². The van der Waals surface area contributed by atoms with Gasteiger partial charge >= 0.3 is 0 Å². The van der Waals surface area contributed by atoms with E-state index in [9.17, 15) is 18.0 Å². The Balaban J connectivity index is 2.08. The van der Waals surface area contributed by atoms with Gasteiger partial charge in [0.2, 0.25) is 11.8 Å². The summed E-state index contributed by atoms with van der Waals surface area (Å²) in [6, 6.07) is 20.5. The predicted molar refractivity (Wildman–Crippen MR) is 156 cm³/mol. The third-order valence-corrected chi connectivity index (χ3v) is 8.64. The van der Waals surface area contributed by atoms with E-state index in [0.717, 1.165) is 28.7 Å². The second kappa shape index (κ2) is 13.4. The number of sulfonamides is 1. The molecule has 0 aliphatic carbocycles. The minimum Gasteiger partial charge on any atom is -0.354 e. The number of nitrogens with zero attached hydrogens (tertiary/aromatic N) is 2. The van der Waals surface area contributed by atoms with Gasteiger partial charge in [0.25, 0.3) is 10.0 Å². The number of aryl methyl sites for hydroxylation is 2. The van der Waals surface area contributed by atoms with Crippen LogP contribution in [-0.2, 0) is 26.2 Å². The summed E-state index contributed by atoms with van der Waals surface area (Å²) in [5, 5.41) is 2.91. The van der Waals surface area contributed by atoms with E-state index < -0.39 is 28.5 Å². The summed E-state index contributed by atoms with van der Waals surface area (Å²) in [5.74, 6) is -0.696. The van der Waals surface area contributed by atoms with Gasteiger partial charge in [-0.1, -0.05) is 74.0 Å². The van der Waals surface area contributed by atoms with Crippen molar-refractivity contribution in [2.24, 2.45) is 0 Å². The maximum atomic E-state index is 14.1. The Bertz CT molecular complexity index is 1370. The highest BCUT2D eigenvalue weighted by Crippen LogP contribution is 2.29. The Labute approximate surface area is 232 Å². The molecule has 0 unspecified atom stereocenters. The van der Waals surface area contributed by atoms with Crippen LogP contribution in [0.1, 0.15) is 48.9 Å². The zero-order valence-electron chi connectivity index (χ0n) is 23.5. The Hall–Kier alpha value is -3.65. The molecule has 3 aromatic carbocycles. The van der Waals surface area contributed by atoms with Gasteiger partial charge in [-0.25, -0.2) is 8.42 Å². The molecular weight excluding hydrogens is 510 g/mol. The zero-order valence-corrected chi connectivity index (χ0v) is 24.3. The van der Waals surface area contributed by atoms with E-state index in [1.54, 1.807) is 30.3 Å². The first-order valence-electron chi connectivity index (χ1n) is 13.4. The van der Waals surface area contributed by atoms with Crippen molar-refractivity contribution in [1.82, 2.24) is 10.2 Å². The second-order valence-electron chi connectivity index (χ2n) is 9.77. The van der Waals surface area contributed by atoms with E-state index in [1.807, 2.05) is 65.0 Å². The Kier molecular flexibility index (Phi) is 10.3. The average molecular weight is 550 g/mol. The SMILES string of the molecule is CCCNC(=O)[C@@H](CC)N(Cc1ccc(C)cc1)C(=O)CN(c1cccc(C)c1C)S(=O)(=O)c1ccccc1. The first-order valence-corrected chi connectivity index (χ1v) is 14.8. The fourth-order valence-electron chi connectivity index (χ4n) is 4.41. The lowest BCUT2D eigenvalue weighted by Crippen LogP contribution is -2.52. The van der Waals surface area contributed by atoms with Crippen LogP contribution in [0.5, 0.6) is 0 Å². The maximum absolute atomic E-state index is 14.1. The van der Waals surface area contributed by atoms with Gasteiger partial charge in [0, 0.05) is 13.1 Å².